The van der Waals surface area contributed by atoms with Crippen molar-refractivity contribution in [1.82, 2.24) is 15.1 Å². The number of para-hydroxylation sites is 2. The summed E-state index contributed by atoms with van der Waals surface area (Å²) in [6, 6.07) is 18.1. The van der Waals surface area contributed by atoms with Crippen LogP contribution in [-0.2, 0) is 11.3 Å². The molecule has 0 spiro atoms. The largest absolute Gasteiger partial charge is 0.495 e. The zero-order valence-electron chi connectivity index (χ0n) is 17.7. The lowest BCUT2D eigenvalue weighted by molar-refractivity contribution is -0.131. The van der Waals surface area contributed by atoms with Crippen molar-refractivity contribution in [2.75, 3.05) is 18.2 Å². The summed E-state index contributed by atoms with van der Waals surface area (Å²) in [6.45, 7) is 2.82. The summed E-state index contributed by atoms with van der Waals surface area (Å²) in [5.41, 5.74) is 1.99. The van der Waals surface area contributed by atoms with E-state index in [1.54, 1.807) is 7.11 Å². The second-order valence-electron chi connectivity index (χ2n) is 7.57. The molecule has 6 nitrogen and oxygen atoms in total. The van der Waals surface area contributed by atoms with Gasteiger partial charge in [0.2, 0.25) is 11.0 Å². The zero-order valence-corrected chi connectivity index (χ0v) is 19.3. The van der Waals surface area contributed by atoms with Crippen molar-refractivity contribution in [2.45, 2.75) is 36.7 Å². The van der Waals surface area contributed by atoms with Gasteiger partial charge < -0.3 is 15.0 Å². The van der Waals surface area contributed by atoms with Crippen LogP contribution in [0.25, 0.3) is 0 Å². The Morgan fingerprint density at radius 3 is 2.68 bits per heavy atom. The zero-order chi connectivity index (χ0) is 21.6. The normalized spacial score (nSPS) is 14.1. The molecule has 2 aromatic carbocycles. The van der Waals surface area contributed by atoms with E-state index in [2.05, 4.69) is 34.6 Å². The molecule has 0 saturated heterocycles. The highest BCUT2D eigenvalue weighted by Gasteiger charge is 2.34. The van der Waals surface area contributed by atoms with Gasteiger partial charge in [0.15, 0.2) is 4.34 Å². The smallest absolute Gasteiger partial charge is 0.233 e. The third-order valence-corrected chi connectivity index (χ3v) is 7.34. The molecule has 1 heterocycles. The van der Waals surface area contributed by atoms with Gasteiger partial charge in [0.25, 0.3) is 0 Å². The highest BCUT2D eigenvalue weighted by atomic mass is 32.2. The van der Waals surface area contributed by atoms with E-state index in [4.69, 9.17) is 4.74 Å². The Kier molecular flexibility index (Phi) is 7.09. The molecule has 1 aliphatic carbocycles. The maximum Gasteiger partial charge on any atom is 0.233 e. The molecule has 1 fully saturated rings. The van der Waals surface area contributed by atoms with Crippen LogP contribution in [0.4, 0.5) is 10.8 Å². The Bertz CT molecular complexity index is 1010. The van der Waals surface area contributed by atoms with Crippen LogP contribution in [0.2, 0.25) is 0 Å². The van der Waals surface area contributed by atoms with E-state index >= 15 is 0 Å². The lowest BCUT2D eigenvalue weighted by Crippen LogP contribution is -2.40. The highest BCUT2D eigenvalue weighted by molar-refractivity contribution is 8.01. The fourth-order valence-corrected chi connectivity index (χ4v) is 5.11. The number of nitrogens with one attached hydrogen (secondary N) is 1. The van der Waals surface area contributed by atoms with Crippen molar-refractivity contribution in [3.05, 3.63) is 60.2 Å². The quantitative estimate of drug-likeness (QED) is 0.424. The molecule has 1 saturated carbocycles. The fraction of sp³-hybridized carbons (Fsp3) is 0.348. The van der Waals surface area contributed by atoms with Gasteiger partial charge in [-0.2, -0.15) is 0 Å². The summed E-state index contributed by atoms with van der Waals surface area (Å²) in [6.07, 6.45) is 2.42. The van der Waals surface area contributed by atoms with Gasteiger partial charge in [-0.3, -0.25) is 4.79 Å². The first-order chi connectivity index (χ1) is 15.1. The van der Waals surface area contributed by atoms with Crippen LogP contribution < -0.4 is 10.1 Å². The number of hydrogen-bond donors (Lipinski definition) is 1. The average molecular weight is 455 g/mol. The SMILES string of the molecule is COc1ccccc1Nc1nnc(SCC(=O)N(Cc2ccccc2)C(C)C2CC2)s1. The van der Waals surface area contributed by atoms with Crippen LogP contribution in [0.5, 0.6) is 5.75 Å². The number of benzene rings is 2. The van der Waals surface area contributed by atoms with Gasteiger partial charge in [0, 0.05) is 12.6 Å². The average Bonchev–Trinajstić information content (AvgIpc) is 3.56. The number of anilines is 2. The van der Waals surface area contributed by atoms with Crippen molar-refractivity contribution >= 4 is 39.8 Å². The molecular weight excluding hydrogens is 428 g/mol. The van der Waals surface area contributed by atoms with Crippen LogP contribution in [0, 0.1) is 5.92 Å². The summed E-state index contributed by atoms with van der Waals surface area (Å²) in [5.74, 6) is 1.86. The summed E-state index contributed by atoms with van der Waals surface area (Å²) in [7, 11) is 1.64. The van der Waals surface area contributed by atoms with Gasteiger partial charge in [0.1, 0.15) is 5.75 Å². The summed E-state index contributed by atoms with van der Waals surface area (Å²) in [5, 5.41) is 12.4. The molecular formula is C23H26N4O2S2. The van der Waals surface area contributed by atoms with E-state index in [0.29, 0.717) is 23.3 Å². The minimum atomic E-state index is 0.141. The molecule has 4 rings (SSSR count). The summed E-state index contributed by atoms with van der Waals surface area (Å²) < 4.78 is 6.13. The van der Waals surface area contributed by atoms with Crippen molar-refractivity contribution in [2.24, 2.45) is 5.92 Å². The first-order valence-corrected chi connectivity index (χ1v) is 12.1. The Balaban J connectivity index is 1.37. The lowest BCUT2D eigenvalue weighted by atomic mass is 10.1. The number of ether oxygens (including phenoxy) is 1. The Morgan fingerprint density at radius 1 is 1.19 bits per heavy atom. The number of carbonyl (C=O) groups excluding carboxylic acids is 1. The predicted octanol–water partition coefficient (Wildman–Crippen LogP) is 5.21. The highest BCUT2D eigenvalue weighted by Crippen LogP contribution is 2.36. The fourth-order valence-electron chi connectivity index (χ4n) is 3.46. The van der Waals surface area contributed by atoms with Gasteiger partial charge >= 0.3 is 0 Å². The molecule has 3 aromatic rings. The molecule has 0 aliphatic heterocycles. The third kappa shape index (κ3) is 5.77. The van der Waals surface area contributed by atoms with Crippen molar-refractivity contribution in [3.8, 4) is 5.75 Å². The van der Waals surface area contributed by atoms with Gasteiger partial charge in [-0.1, -0.05) is 65.6 Å². The van der Waals surface area contributed by atoms with E-state index in [0.717, 1.165) is 21.3 Å². The van der Waals surface area contributed by atoms with Crippen molar-refractivity contribution in [3.63, 3.8) is 0 Å². The van der Waals surface area contributed by atoms with E-state index in [-0.39, 0.29) is 11.9 Å². The molecule has 0 bridgehead atoms. The molecule has 31 heavy (non-hydrogen) atoms. The molecule has 1 N–H and O–H groups in total. The summed E-state index contributed by atoms with van der Waals surface area (Å²) in [4.78, 5) is 15.1. The number of amides is 1. The van der Waals surface area contributed by atoms with Crippen LogP contribution in [0.1, 0.15) is 25.3 Å². The van der Waals surface area contributed by atoms with Crippen LogP contribution in [-0.4, -0.2) is 39.9 Å². The van der Waals surface area contributed by atoms with Crippen LogP contribution in [0.15, 0.2) is 58.9 Å². The first kappa shape index (κ1) is 21.6. The number of hydrogen-bond acceptors (Lipinski definition) is 7. The van der Waals surface area contributed by atoms with E-state index in [1.807, 2.05) is 47.4 Å². The van der Waals surface area contributed by atoms with E-state index in [9.17, 15) is 4.79 Å². The molecule has 8 heteroatoms. The van der Waals surface area contributed by atoms with Gasteiger partial charge in [-0.25, -0.2) is 0 Å². The van der Waals surface area contributed by atoms with Crippen LogP contribution in [0.3, 0.4) is 0 Å². The number of methoxy groups -OCH3 is 1. The molecule has 1 aliphatic rings. The number of aromatic nitrogens is 2. The minimum absolute atomic E-state index is 0.141. The monoisotopic (exact) mass is 454 g/mol. The van der Waals surface area contributed by atoms with E-state index < -0.39 is 0 Å². The van der Waals surface area contributed by atoms with Gasteiger partial charge in [-0.05, 0) is 43.4 Å². The van der Waals surface area contributed by atoms with Crippen LogP contribution >= 0.6 is 23.1 Å². The van der Waals surface area contributed by atoms with Gasteiger partial charge in [0.05, 0.1) is 18.6 Å². The summed E-state index contributed by atoms with van der Waals surface area (Å²) >= 11 is 2.88. The second-order valence-corrected chi connectivity index (χ2v) is 9.77. The third-order valence-electron chi connectivity index (χ3n) is 5.39. The van der Waals surface area contributed by atoms with E-state index in [1.165, 1.54) is 35.9 Å². The number of rotatable bonds is 10. The second kappa shape index (κ2) is 10.2. The molecule has 1 amide bonds. The molecule has 1 unspecified atom stereocenters. The number of thioether (sulfide) groups is 1. The number of nitrogens with zero attached hydrogens (tertiary/aromatic N) is 3. The maximum atomic E-state index is 13.1. The predicted molar refractivity (Wildman–Crippen MR) is 126 cm³/mol. The molecule has 1 aromatic heterocycles. The standard InChI is InChI=1S/C23H26N4O2S2/c1-16(18-12-13-18)27(14-17-8-4-3-5-9-17)21(28)15-30-23-26-25-22(31-23)24-19-10-6-7-11-20(19)29-2/h3-11,16,18H,12-15H2,1-2H3,(H,24,25). The van der Waals surface area contributed by atoms with Crippen molar-refractivity contribution < 1.29 is 9.53 Å². The van der Waals surface area contributed by atoms with Gasteiger partial charge in [-0.15, -0.1) is 10.2 Å². The Hall–Kier alpha value is -2.58. The topological polar surface area (TPSA) is 67.3 Å². The Labute approximate surface area is 191 Å². The molecule has 162 valence electrons. The maximum absolute atomic E-state index is 13.1. The number of carbonyl (C=O) groups is 1. The first-order valence-electron chi connectivity index (χ1n) is 10.3. The van der Waals surface area contributed by atoms with Crippen molar-refractivity contribution in [1.29, 1.82) is 0 Å². The minimum Gasteiger partial charge on any atom is -0.495 e. The Morgan fingerprint density at radius 2 is 1.94 bits per heavy atom. The molecule has 0 radical (unpaired) electrons. The molecule has 1 atom stereocenters. The lowest BCUT2D eigenvalue weighted by Gasteiger charge is -2.29.